The predicted octanol–water partition coefficient (Wildman–Crippen LogP) is 4.20. The number of urea groups is 1. The van der Waals surface area contributed by atoms with Gasteiger partial charge in [0.15, 0.2) is 0 Å². The fourth-order valence-electron chi connectivity index (χ4n) is 2.58. The highest BCUT2D eigenvalue weighted by molar-refractivity contribution is 6.33. The van der Waals surface area contributed by atoms with E-state index in [1.807, 2.05) is 49.4 Å². The molecule has 0 unspecified atom stereocenters. The van der Waals surface area contributed by atoms with Gasteiger partial charge in [-0.15, -0.1) is 0 Å². The van der Waals surface area contributed by atoms with Gasteiger partial charge in [0.1, 0.15) is 5.82 Å². The third kappa shape index (κ3) is 3.75. The molecule has 0 bridgehead atoms. The molecule has 0 saturated carbocycles. The first kappa shape index (κ1) is 16.9. The number of hydrazine groups is 1. The smallest absolute Gasteiger partial charge is 0.296 e. The second-order valence-corrected chi connectivity index (χ2v) is 5.89. The Morgan fingerprint density at radius 2 is 1.76 bits per heavy atom. The van der Waals surface area contributed by atoms with Crippen LogP contribution in [0.2, 0.25) is 5.02 Å². The summed E-state index contributed by atoms with van der Waals surface area (Å²) in [5.41, 5.74) is 8.70. The van der Waals surface area contributed by atoms with E-state index in [1.54, 1.807) is 23.9 Å². The van der Waals surface area contributed by atoms with Crippen LogP contribution >= 0.6 is 11.6 Å². The van der Waals surface area contributed by atoms with Crippen LogP contribution in [0.25, 0.3) is 11.1 Å². The molecule has 1 aromatic heterocycles. The van der Waals surface area contributed by atoms with Gasteiger partial charge >= 0.3 is 6.03 Å². The molecule has 0 radical (unpaired) electrons. The number of anilines is 2. The Labute approximate surface area is 150 Å². The van der Waals surface area contributed by atoms with E-state index in [9.17, 15) is 4.79 Å². The highest BCUT2D eigenvalue weighted by atomic mass is 35.5. The van der Waals surface area contributed by atoms with Crippen molar-refractivity contribution in [2.45, 2.75) is 6.92 Å². The van der Waals surface area contributed by atoms with Crippen LogP contribution < -0.4 is 16.2 Å². The van der Waals surface area contributed by atoms with Gasteiger partial charge in [-0.3, -0.25) is 20.9 Å². The van der Waals surface area contributed by atoms with Gasteiger partial charge in [0.2, 0.25) is 0 Å². The number of nitrogens with one attached hydrogen (secondary N) is 3. The number of amides is 2. The van der Waals surface area contributed by atoms with Crippen molar-refractivity contribution >= 4 is 29.1 Å². The third-order valence-electron chi connectivity index (χ3n) is 3.70. The molecular weight excluding hydrogens is 338 g/mol. The minimum atomic E-state index is -0.417. The summed E-state index contributed by atoms with van der Waals surface area (Å²) < 4.78 is 1.65. The summed E-state index contributed by atoms with van der Waals surface area (Å²) in [6.45, 7) is 1.91. The molecule has 0 aliphatic heterocycles. The molecule has 0 atom stereocenters. The van der Waals surface area contributed by atoms with Crippen molar-refractivity contribution in [1.29, 1.82) is 0 Å². The summed E-state index contributed by atoms with van der Waals surface area (Å²) in [6.07, 6.45) is 0. The number of benzene rings is 2. The Kier molecular flexibility index (Phi) is 4.90. The molecule has 0 aliphatic rings. The fourth-order valence-corrected chi connectivity index (χ4v) is 2.76. The monoisotopic (exact) mass is 355 g/mol. The highest BCUT2D eigenvalue weighted by Gasteiger charge is 2.17. The zero-order chi connectivity index (χ0) is 17.8. The van der Waals surface area contributed by atoms with Crippen molar-refractivity contribution in [3.63, 3.8) is 0 Å². The molecule has 7 heteroatoms. The topological polar surface area (TPSA) is 71.0 Å². The maximum absolute atomic E-state index is 12.3. The number of para-hydroxylation sites is 1. The number of hydrogen-bond donors (Lipinski definition) is 3. The third-order valence-corrected chi connectivity index (χ3v) is 4.03. The van der Waals surface area contributed by atoms with Crippen LogP contribution in [0.1, 0.15) is 5.69 Å². The van der Waals surface area contributed by atoms with Crippen LogP contribution in [-0.4, -0.2) is 15.8 Å². The normalized spacial score (nSPS) is 10.4. The molecule has 0 aliphatic carbocycles. The number of carbonyl (C=O) groups is 1. The van der Waals surface area contributed by atoms with E-state index in [4.69, 9.17) is 11.6 Å². The quantitative estimate of drug-likeness (QED) is 0.614. The van der Waals surface area contributed by atoms with E-state index < -0.39 is 6.03 Å². The summed E-state index contributed by atoms with van der Waals surface area (Å²) in [4.78, 5) is 12.3. The van der Waals surface area contributed by atoms with Crippen molar-refractivity contribution in [2.75, 3.05) is 10.7 Å². The summed E-state index contributed by atoms with van der Waals surface area (Å²) in [5, 5.41) is 7.76. The van der Waals surface area contributed by atoms with Gasteiger partial charge in [-0.1, -0.05) is 54.1 Å². The second-order valence-electron chi connectivity index (χ2n) is 5.48. The predicted molar refractivity (Wildman–Crippen MR) is 101 cm³/mol. The Morgan fingerprint density at radius 3 is 2.48 bits per heavy atom. The van der Waals surface area contributed by atoms with E-state index in [1.165, 1.54) is 0 Å². The number of carbonyl (C=O) groups excluding carboxylic acids is 1. The Balaban J connectivity index is 1.77. The summed E-state index contributed by atoms with van der Waals surface area (Å²) in [5.74, 6) is 0.613. The van der Waals surface area contributed by atoms with Crippen LogP contribution in [0.4, 0.5) is 16.3 Å². The molecule has 0 spiro atoms. The van der Waals surface area contributed by atoms with Crippen molar-refractivity contribution in [2.24, 2.45) is 7.05 Å². The fraction of sp³-hybridized carbons (Fsp3) is 0.111. The first-order valence-electron chi connectivity index (χ1n) is 7.73. The largest absolute Gasteiger partial charge is 0.339 e. The first-order chi connectivity index (χ1) is 12.1. The summed E-state index contributed by atoms with van der Waals surface area (Å²) >= 11 is 6.05. The molecule has 3 N–H and O–H groups in total. The molecule has 2 aromatic carbocycles. The molecule has 0 saturated heterocycles. The van der Waals surface area contributed by atoms with E-state index in [0.717, 1.165) is 16.8 Å². The first-order valence-corrected chi connectivity index (χ1v) is 8.10. The molecule has 1 heterocycles. The number of hydrogen-bond acceptors (Lipinski definition) is 3. The van der Waals surface area contributed by atoms with Gasteiger partial charge in [-0.25, -0.2) is 4.79 Å². The molecule has 6 nitrogen and oxygen atoms in total. The van der Waals surface area contributed by atoms with Gasteiger partial charge in [-0.2, -0.15) is 5.10 Å². The van der Waals surface area contributed by atoms with E-state index in [2.05, 4.69) is 21.3 Å². The van der Waals surface area contributed by atoms with Crippen LogP contribution in [0, 0.1) is 6.92 Å². The number of aromatic nitrogens is 2. The van der Waals surface area contributed by atoms with Gasteiger partial charge in [0.25, 0.3) is 0 Å². The average Bonchev–Trinajstić information content (AvgIpc) is 2.88. The van der Waals surface area contributed by atoms with Crippen molar-refractivity contribution in [3.05, 3.63) is 65.3 Å². The molecular formula is C18H18ClN5O. The molecule has 25 heavy (non-hydrogen) atoms. The number of rotatable bonds is 4. The van der Waals surface area contributed by atoms with Crippen molar-refractivity contribution < 1.29 is 4.79 Å². The molecule has 3 aromatic rings. The number of halogens is 1. The van der Waals surface area contributed by atoms with Gasteiger partial charge in [0.05, 0.1) is 16.4 Å². The van der Waals surface area contributed by atoms with Gasteiger partial charge in [0, 0.05) is 12.6 Å². The van der Waals surface area contributed by atoms with E-state index in [0.29, 0.717) is 16.5 Å². The SMILES string of the molecule is Cc1nn(C)c(NC(=O)NNc2ccccc2Cl)c1-c1ccccc1. The standard InChI is InChI=1S/C18H18ClN5O/c1-12-16(13-8-4-3-5-9-13)17(24(2)23-12)20-18(25)22-21-15-11-7-6-10-14(15)19/h3-11,21H,1-2H3,(H2,20,22,25). The Bertz CT molecular complexity index is 892. The average molecular weight is 356 g/mol. The maximum Gasteiger partial charge on any atom is 0.339 e. The zero-order valence-electron chi connectivity index (χ0n) is 13.9. The molecule has 3 rings (SSSR count). The Morgan fingerprint density at radius 1 is 1.08 bits per heavy atom. The lowest BCUT2D eigenvalue weighted by molar-refractivity contribution is 0.253. The van der Waals surface area contributed by atoms with E-state index in [-0.39, 0.29) is 0 Å². The van der Waals surface area contributed by atoms with Crippen LogP contribution in [0.5, 0.6) is 0 Å². The van der Waals surface area contributed by atoms with Crippen molar-refractivity contribution in [3.8, 4) is 11.1 Å². The molecule has 128 valence electrons. The lowest BCUT2D eigenvalue weighted by Crippen LogP contribution is -2.34. The zero-order valence-corrected chi connectivity index (χ0v) is 14.6. The number of aryl methyl sites for hydroxylation is 2. The summed E-state index contributed by atoms with van der Waals surface area (Å²) in [6, 6.07) is 16.5. The highest BCUT2D eigenvalue weighted by Crippen LogP contribution is 2.30. The summed E-state index contributed by atoms with van der Waals surface area (Å²) in [7, 11) is 1.79. The lowest BCUT2D eigenvalue weighted by atomic mass is 10.1. The number of nitrogens with zero attached hydrogens (tertiary/aromatic N) is 2. The molecule has 0 fully saturated rings. The maximum atomic E-state index is 12.3. The van der Waals surface area contributed by atoms with Crippen molar-refractivity contribution in [1.82, 2.24) is 15.2 Å². The minimum Gasteiger partial charge on any atom is -0.296 e. The van der Waals surface area contributed by atoms with Crippen LogP contribution in [-0.2, 0) is 7.05 Å². The van der Waals surface area contributed by atoms with Gasteiger partial charge < -0.3 is 0 Å². The minimum absolute atomic E-state index is 0.417. The van der Waals surface area contributed by atoms with Crippen LogP contribution in [0.3, 0.4) is 0 Å². The molecule has 2 amide bonds. The van der Waals surface area contributed by atoms with Crippen LogP contribution in [0.15, 0.2) is 54.6 Å². The van der Waals surface area contributed by atoms with Gasteiger partial charge in [-0.05, 0) is 24.6 Å². The second kappa shape index (κ2) is 7.27. The van der Waals surface area contributed by atoms with E-state index >= 15 is 0 Å². The lowest BCUT2D eigenvalue weighted by Gasteiger charge is -2.12. The Hall–Kier alpha value is -2.99.